The molecule has 2 heterocycles. The highest BCUT2D eigenvalue weighted by Gasteiger charge is 2.37. The monoisotopic (exact) mass is 280 g/mol. The molecular formula is C17H32N2O. The highest BCUT2D eigenvalue weighted by Crippen LogP contribution is 2.33. The summed E-state index contributed by atoms with van der Waals surface area (Å²) in [6.07, 6.45) is 14.3. The van der Waals surface area contributed by atoms with E-state index in [1.54, 1.807) is 0 Å². The largest absolute Gasteiger partial charge is 0.377 e. The van der Waals surface area contributed by atoms with E-state index >= 15 is 0 Å². The Bertz CT molecular complexity index is 277. The van der Waals surface area contributed by atoms with Gasteiger partial charge < -0.3 is 10.1 Å². The van der Waals surface area contributed by atoms with Crippen LogP contribution in [0, 0.1) is 0 Å². The van der Waals surface area contributed by atoms with Crippen molar-refractivity contribution in [1.29, 1.82) is 0 Å². The summed E-state index contributed by atoms with van der Waals surface area (Å²) in [5, 5.41) is 3.50. The molecule has 3 rings (SSSR count). The third-order valence-electron chi connectivity index (χ3n) is 5.79. The first-order valence-corrected chi connectivity index (χ1v) is 8.91. The zero-order valence-electron chi connectivity index (χ0n) is 13.2. The van der Waals surface area contributed by atoms with Crippen LogP contribution >= 0.6 is 0 Å². The number of ether oxygens (including phenoxy) is 1. The second kappa shape index (κ2) is 7.24. The van der Waals surface area contributed by atoms with Crippen molar-refractivity contribution < 1.29 is 4.74 Å². The Morgan fingerprint density at radius 3 is 2.30 bits per heavy atom. The van der Waals surface area contributed by atoms with Crippen molar-refractivity contribution in [3.05, 3.63) is 0 Å². The second-order valence-electron chi connectivity index (χ2n) is 7.06. The Balaban J connectivity index is 1.44. The topological polar surface area (TPSA) is 24.5 Å². The van der Waals surface area contributed by atoms with Gasteiger partial charge in [-0.25, -0.2) is 0 Å². The summed E-state index contributed by atoms with van der Waals surface area (Å²) < 4.78 is 6.15. The number of nitrogens with one attached hydrogen (secondary N) is 1. The summed E-state index contributed by atoms with van der Waals surface area (Å²) in [4.78, 5) is 2.78. The molecule has 2 aliphatic heterocycles. The lowest BCUT2D eigenvalue weighted by Gasteiger charge is -2.49. The van der Waals surface area contributed by atoms with Crippen molar-refractivity contribution in [2.24, 2.45) is 0 Å². The third kappa shape index (κ3) is 3.55. The van der Waals surface area contributed by atoms with Crippen molar-refractivity contribution >= 4 is 0 Å². The second-order valence-corrected chi connectivity index (χ2v) is 7.06. The van der Waals surface area contributed by atoms with Crippen molar-refractivity contribution in [1.82, 2.24) is 10.2 Å². The number of piperidine rings is 2. The molecule has 0 aromatic rings. The molecule has 0 amide bonds. The van der Waals surface area contributed by atoms with Gasteiger partial charge in [0.05, 0.1) is 12.7 Å². The van der Waals surface area contributed by atoms with E-state index in [4.69, 9.17) is 4.74 Å². The summed E-state index contributed by atoms with van der Waals surface area (Å²) in [5.41, 5.74) is 0. The van der Waals surface area contributed by atoms with Crippen molar-refractivity contribution in [2.45, 2.75) is 88.4 Å². The smallest absolute Gasteiger partial charge is 0.0597 e. The fourth-order valence-electron chi connectivity index (χ4n) is 4.64. The molecule has 0 spiro atoms. The molecule has 3 fully saturated rings. The quantitative estimate of drug-likeness (QED) is 0.838. The average molecular weight is 280 g/mol. The van der Waals surface area contributed by atoms with E-state index in [1.165, 1.54) is 70.8 Å². The Labute approximate surface area is 124 Å². The molecule has 2 saturated heterocycles. The normalized spacial score (nSPS) is 36.1. The van der Waals surface area contributed by atoms with Gasteiger partial charge in [-0.1, -0.05) is 25.7 Å². The molecule has 3 heteroatoms. The van der Waals surface area contributed by atoms with E-state index < -0.39 is 0 Å². The van der Waals surface area contributed by atoms with Gasteiger partial charge >= 0.3 is 0 Å². The van der Waals surface area contributed by atoms with Gasteiger partial charge in [-0.3, -0.25) is 4.90 Å². The molecule has 0 aromatic heterocycles. The van der Waals surface area contributed by atoms with Crippen LogP contribution in [-0.4, -0.2) is 49.3 Å². The summed E-state index contributed by atoms with van der Waals surface area (Å²) in [6.45, 7) is 2.13. The molecule has 3 aliphatic rings. The molecule has 2 atom stereocenters. The highest BCUT2D eigenvalue weighted by molar-refractivity contribution is 4.94. The maximum atomic E-state index is 6.15. The van der Waals surface area contributed by atoms with E-state index in [1.807, 2.05) is 0 Å². The van der Waals surface area contributed by atoms with Crippen LogP contribution in [0.1, 0.15) is 64.2 Å². The van der Waals surface area contributed by atoms with E-state index in [-0.39, 0.29) is 0 Å². The Hall–Kier alpha value is -0.120. The minimum atomic E-state index is 0.568. The van der Waals surface area contributed by atoms with E-state index in [2.05, 4.69) is 17.3 Å². The van der Waals surface area contributed by atoms with Crippen LogP contribution in [0.4, 0.5) is 0 Å². The van der Waals surface area contributed by atoms with Crippen LogP contribution in [0.3, 0.4) is 0 Å². The summed E-state index contributed by atoms with van der Waals surface area (Å²) in [5.74, 6) is 0. The summed E-state index contributed by atoms with van der Waals surface area (Å²) >= 11 is 0. The average Bonchev–Trinajstić information content (AvgIpc) is 2.48. The molecule has 3 nitrogen and oxygen atoms in total. The number of hydrogen-bond acceptors (Lipinski definition) is 3. The predicted molar refractivity (Wildman–Crippen MR) is 83.0 cm³/mol. The SMILES string of the molecule is CNC1CC2CCCC(C1)N2CCOC1CCCCC1. The maximum absolute atomic E-state index is 6.15. The van der Waals surface area contributed by atoms with Gasteiger partial charge in [0.15, 0.2) is 0 Å². The van der Waals surface area contributed by atoms with Gasteiger partial charge in [-0.2, -0.15) is 0 Å². The molecule has 0 radical (unpaired) electrons. The lowest BCUT2D eigenvalue weighted by Crippen LogP contribution is -2.56. The predicted octanol–water partition coefficient (Wildman–Crippen LogP) is 2.94. The molecule has 0 aromatic carbocycles. The number of fused-ring (bicyclic) bond motifs is 2. The first-order valence-electron chi connectivity index (χ1n) is 8.91. The van der Waals surface area contributed by atoms with Crippen LogP contribution in [0.25, 0.3) is 0 Å². The Morgan fingerprint density at radius 1 is 0.950 bits per heavy atom. The standard InChI is InChI=1S/C17H32N2O/c1-18-14-12-15-6-5-7-16(13-14)19(15)10-11-20-17-8-3-2-4-9-17/h14-18H,2-13H2,1H3. The van der Waals surface area contributed by atoms with Crippen LogP contribution in [0.5, 0.6) is 0 Å². The molecule has 116 valence electrons. The Kier molecular flexibility index (Phi) is 5.36. The fourth-order valence-corrected chi connectivity index (χ4v) is 4.64. The molecule has 1 N–H and O–H groups in total. The first kappa shape index (κ1) is 14.8. The lowest BCUT2D eigenvalue weighted by atomic mass is 9.82. The Morgan fingerprint density at radius 2 is 1.65 bits per heavy atom. The minimum absolute atomic E-state index is 0.568. The molecule has 2 unspecified atom stereocenters. The van der Waals surface area contributed by atoms with Gasteiger partial charge in [0.1, 0.15) is 0 Å². The zero-order chi connectivity index (χ0) is 13.8. The highest BCUT2D eigenvalue weighted by atomic mass is 16.5. The summed E-state index contributed by atoms with van der Waals surface area (Å²) in [7, 11) is 2.13. The van der Waals surface area contributed by atoms with Crippen LogP contribution in [-0.2, 0) is 4.74 Å². The van der Waals surface area contributed by atoms with Crippen molar-refractivity contribution in [3.63, 3.8) is 0 Å². The van der Waals surface area contributed by atoms with Gasteiger partial charge in [-0.05, 0) is 45.6 Å². The van der Waals surface area contributed by atoms with Crippen molar-refractivity contribution in [3.8, 4) is 0 Å². The number of nitrogens with zero attached hydrogens (tertiary/aromatic N) is 1. The number of hydrogen-bond donors (Lipinski definition) is 1. The van der Waals surface area contributed by atoms with Gasteiger partial charge in [-0.15, -0.1) is 0 Å². The van der Waals surface area contributed by atoms with E-state index in [9.17, 15) is 0 Å². The molecule has 2 bridgehead atoms. The van der Waals surface area contributed by atoms with Gasteiger partial charge in [0, 0.05) is 24.7 Å². The maximum Gasteiger partial charge on any atom is 0.0597 e. The number of rotatable bonds is 5. The van der Waals surface area contributed by atoms with Crippen LogP contribution < -0.4 is 5.32 Å². The van der Waals surface area contributed by atoms with E-state index in [0.717, 1.165) is 24.7 Å². The van der Waals surface area contributed by atoms with Crippen LogP contribution in [0.15, 0.2) is 0 Å². The van der Waals surface area contributed by atoms with Gasteiger partial charge in [0.2, 0.25) is 0 Å². The zero-order valence-corrected chi connectivity index (χ0v) is 13.2. The van der Waals surface area contributed by atoms with Crippen LogP contribution in [0.2, 0.25) is 0 Å². The molecule has 20 heavy (non-hydrogen) atoms. The lowest BCUT2D eigenvalue weighted by molar-refractivity contribution is -0.0263. The summed E-state index contributed by atoms with van der Waals surface area (Å²) in [6, 6.07) is 2.38. The third-order valence-corrected chi connectivity index (χ3v) is 5.79. The molecule has 1 aliphatic carbocycles. The van der Waals surface area contributed by atoms with E-state index in [0.29, 0.717) is 6.10 Å². The molecule has 1 saturated carbocycles. The molecular weight excluding hydrogens is 248 g/mol. The minimum Gasteiger partial charge on any atom is -0.377 e. The first-order chi connectivity index (χ1) is 9.86. The van der Waals surface area contributed by atoms with Gasteiger partial charge in [0.25, 0.3) is 0 Å². The van der Waals surface area contributed by atoms with Crippen molar-refractivity contribution in [2.75, 3.05) is 20.2 Å². The fraction of sp³-hybridized carbons (Fsp3) is 1.00.